The van der Waals surface area contributed by atoms with Crippen molar-refractivity contribution in [2.45, 2.75) is 18.8 Å². The average molecular weight is 312 g/mol. The number of aromatic nitrogens is 2. The molecule has 0 saturated heterocycles. The van der Waals surface area contributed by atoms with E-state index in [1.165, 1.54) is 0 Å². The Labute approximate surface area is 131 Å². The van der Waals surface area contributed by atoms with Gasteiger partial charge in [0.05, 0.1) is 18.9 Å². The molecular weight excluding hydrogens is 287 g/mol. The molecule has 0 atom stereocenters. The molecule has 7 heteroatoms. The van der Waals surface area contributed by atoms with Gasteiger partial charge in [0.2, 0.25) is 5.95 Å². The van der Waals surface area contributed by atoms with E-state index in [0.29, 0.717) is 43.8 Å². The van der Waals surface area contributed by atoms with Crippen LogP contribution in [0.2, 0.25) is 0 Å². The van der Waals surface area contributed by atoms with Gasteiger partial charge in [-0.2, -0.15) is 4.98 Å². The summed E-state index contributed by atoms with van der Waals surface area (Å²) in [5.74, 6) is 0.810. The zero-order valence-corrected chi connectivity index (χ0v) is 13.8. The highest BCUT2D eigenvalue weighted by Crippen LogP contribution is 2.42. The third-order valence-corrected chi connectivity index (χ3v) is 3.78. The Hall–Kier alpha value is -1.47. The van der Waals surface area contributed by atoms with Gasteiger partial charge in [-0.1, -0.05) is 0 Å². The third-order valence-electron chi connectivity index (χ3n) is 3.78. The molecule has 1 aromatic rings. The largest absolute Gasteiger partial charge is 0.383 e. The van der Waals surface area contributed by atoms with E-state index >= 15 is 0 Å². The topological polar surface area (TPSA) is 50.7 Å². The SMILES string of the molecule is COCCN(C)c1nc(C2CC2)c(F)c(N(C)CCOC)n1. The van der Waals surface area contributed by atoms with Crippen molar-refractivity contribution in [3.8, 4) is 0 Å². The molecule has 1 fully saturated rings. The minimum Gasteiger partial charge on any atom is -0.383 e. The van der Waals surface area contributed by atoms with Gasteiger partial charge in [-0.05, 0) is 12.8 Å². The molecule has 0 N–H and O–H groups in total. The van der Waals surface area contributed by atoms with Crippen LogP contribution < -0.4 is 9.80 Å². The van der Waals surface area contributed by atoms with Crippen molar-refractivity contribution in [3.63, 3.8) is 0 Å². The van der Waals surface area contributed by atoms with Crippen LogP contribution in [0.1, 0.15) is 24.5 Å². The van der Waals surface area contributed by atoms with Crippen LogP contribution in [0.15, 0.2) is 0 Å². The first-order valence-electron chi connectivity index (χ1n) is 7.56. The van der Waals surface area contributed by atoms with Crippen LogP contribution in [0.5, 0.6) is 0 Å². The number of likely N-dealkylation sites (N-methyl/N-ethyl adjacent to an activating group) is 2. The lowest BCUT2D eigenvalue weighted by molar-refractivity contribution is 0.205. The smallest absolute Gasteiger partial charge is 0.227 e. The zero-order chi connectivity index (χ0) is 16.1. The normalized spacial score (nSPS) is 14.2. The van der Waals surface area contributed by atoms with Gasteiger partial charge in [-0.15, -0.1) is 0 Å². The molecule has 0 bridgehead atoms. The van der Waals surface area contributed by atoms with E-state index in [-0.39, 0.29) is 11.7 Å². The summed E-state index contributed by atoms with van der Waals surface area (Å²) in [5.41, 5.74) is 0.536. The van der Waals surface area contributed by atoms with Crippen LogP contribution in [0.3, 0.4) is 0 Å². The van der Waals surface area contributed by atoms with Gasteiger partial charge < -0.3 is 19.3 Å². The Kier molecular flexibility index (Phi) is 5.90. The Morgan fingerprint density at radius 3 is 2.18 bits per heavy atom. The van der Waals surface area contributed by atoms with Crippen molar-refractivity contribution < 1.29 is 13.9 Å². The molecule has 0 radical (unpaired) electrons. The van der Waals surface area contributed by atoms with Gasteiger partial charge in [0.15, 0.2) is 11.6 Å². The Morgan fingerprint density at radius 2 is 1.64 bits per heavy atom. The summed E-state index contributed by atoms with van der Waals surface area (Å²) < 4.78 is 24.8. The molecule has 1 saturated carbocycles. The molecule has 0 unspecified atom stereocenters. The first kappa shape index (κ1) is 16.9. The van der Waals surface area contributed by atoms with Crippen molar-refractivity contribution in [1.29, 1.82) is 0 Å². The molecular formula is C15H25FN4O2. The van der Waals surface area contributed by atoms with E-state index < -0.39 is 0 Å². The van der Waals surface area contributed by atoms with Gasteiger partial charge in [-0.3, -0.25) is 0 Å². The van der Waals surface area contributed by atoms with Gasteiger partial charge >= 0.3 is 0 Å². The first-order chi connectivity index (χ1) is 10.6. The summed E-state index contributed by atoms with van der Waals surface area (Å²) in [7, 11) is 6.99. The fourth-order valence-corrected chi connectivity index (χ4v) is 2.15. The van der Waals surface area contributed by atoms with Crippen molar-refractivity contribution in [2.75, 3.05) is 64.4 Å². The molecule has 1 aliphatic rings. The number of nitrogens with zero attached hydrogens (tertiary/aromatic N) is 4. The molecule has 2 rings (SSSR count). The third kappa shape index (κ3) is 4.04. The van der Waals surface area contributed by atoms with E-state index in [0.717, 1.165) is 12.8 Å². The van der Waals surface area contributed by atoms with Crippen molar-refractivity contribution in [1.82, 2.24) is 9.97 Å². The monoisotopic (exact) mass is 312 g/mol. The predicted octanol–water partition coefficient (Wildman–Crippen LogP) is 1.66. The van der Waals surface area contributed by atoms with Crippen LogP contribution in [0.25, 0.3) is 0 Å². The summed E-state index contributed by atoms with van der Waals surface area (Å²) in [5, 5.41) is 0. The van der Waals surface area contributed by atoms with Crippen LogP contribution in [0.4, 0.5) is 16.2 Å². The first-order valence-corrected chi connectivity index (χ1v) is 7.56. The fourth-order valence-electron chi connectivity index (χ4n) is 2.15. The maximum atomic E-state index is 14.7. The Morgan fingerprint density at radius 1 is 1.05 bits per heavy atom. The predicted molar refractivity (Wildman–Crippen MR) is 84.3 cm³/mol. The quantitative estimate of drug-likeness (QED) is 0.691. The fraction of sp³-hybridized carbons (Fsp3) is 0.733. The van der Waals surface area contributed by atoms with Crippen LogP contribution in [-0.2, 0) is 9.47 Å². The zero-order valence-electron chi connectivity index (χ0n) is 13.8. The number of hydrogen-bond acceptors (Lipinski definition) is 6. The summed E-state index contributed by atoms with van der Waals surface area (Å²) in [4.78, 5) is 12.5. The Bertz CT molecular complexity index is 497. The van der Waals surface area contributed by atoms with E-state index in [1.807, 2.05) is 19.0 Å². The average Bonchev–Trinajstić information content (AvgIpc) is 3.35. The highest BCUT2D eigenvalue weighted by Gasteiger charge is 2.31. The number of halogens is 1. The highest BCUT2D eigenvalue weighted by atomic mass is 19.1. The van der Waals surface area contributed by atoms with Crippen LogP contribution in [-0.4, -0.2) is 64.6 Å². The standard InChI is InChI=1S/C15H25FN4O2/c1-19(7-9-21-3)14-12(16)13(11-5-6-11)17-15(18-14)20(2)8-10-22-4/h11H,5-10H2,1-4H3. The van der Waals surface area contributed by atoms with Crippen molar-refractivity contribution in [2.24, 2.45) is 0 Å². The molecule has 1 aromatic heterocycles. The minimum atomic E-state index is -0.301. The van der Waals surface area contributed by atoms with E-state index in [2.05, 4.69) is 9.97 Å². The van der Waals surface area contributed by atoms with Gasteiger partial charge in [0, 0.05) is 47.3 Å². The summed E-state index contributed by atoms with van der Waals surface area (Å²) >= 11 is 0. The van der Waals surface area contributed by atoms with E-state index in [9.17, 15) is 4.39 Å². The van der Waals surface area contributed by atoms with Gasteiger partial charge in [0.25, 0.3) is 0 Å². The number of ether oxygens (including phenoxy) is 2. The molecule has 22 heavy (non-hydrogen) atoms. The maximum absolute atomic E-state index is 14.7. The second-order valence-electron chi connectivity index (χ2n) is 5.65. The van der Waals surface area contributed by atoms with E-state index in [1.54, 1.807) is 19.1 Å². The number of anilines is 2. The van der Waals surface area contributed by atoms with Crippen LogP contribution in [0, 0.1) is 5.82 Å². The molecule has 1 aliphatic carbocycles. The lowest BCUT2D eigenvalue weighted by Crippen LogP contribution is -2.28. The summed E-state index contributed by atoms with van der Waals surface area (Å²) in [6.45, 7) is 2.33. The lowest BCUT2D eigenvalue weighted by Gasteiger charge is -2.23. The maximum Gasteiger partial charge on any atom is 0.227 e. The number of methoxy groups -OCH3 is 2. The molecule has 0 aromatic carbocycles. The Balaban J connectivity index is 2.28. The summed E-state index contributed by atoms with van der Waals surface area (Å²) in [6.07, 6.45) is 1.99. The summed E-state index contributed by atoms with van der Waals surface area (Å²) in [6, 6.07) is 0. The molecule has 0 spiro atoms. The highest BCUT2D eigenvalue weighted by molar-refractivity contribution is 5.48. The second kappa shape index (κ2) is 7.69. The van der Waals surface area contributed by atoms with E-state index in [4.69, 9.17) is 9.47 Å². The lowest BCUT2D eigenvalue weighted by atomic mass is 10.2. The number of hydrogen-bond donors (Lipinski definition) is 0. The molecule has 0 aliphatic heterocycles. The van der Waals surface area contributed by atoms with Crippen molar-refractivity contribution >= 4 is 11.8 Å². The molecule has 1 heterocycles. The van der Waals surface area contributed by atoms with Gasteiger partial charge in [0.1, 0.15) is 0 Å². The molecule has 6 nitrogen and oxygen atoms in total. The minimum absolute atomic E-state index is 0.229. The molecule has 124 valence electrons. The van der Waals surface area contributed by atoms with Gasteiger partial charge in [-0.25, -0.2) is 9.37 Å². The molecule has 0 amide bonds. The number of rotatable bonds is 9. The van der Waals surface area contributed by atoms with Crippen LogP contribution >= 0.6 is 0 Å². The second-order valence-corrected chi connectivity index (χ2v) is 5.65. The van der Waals surface area contributed by atoms with Crippen molar-refractivity contribution in [3.05, 3.63) is 11.5 Å².